The van der Waals surface area contributed by atoms with Crippen LogP contribution in [0.25, 0.3) is 11.0 Å². The van der Waals surface area contributed by atoms with Crippen molar-refractivity contribution < 1.29 is 4.39 Å². The number of rotatable bonds is 5. The number of nitrogens with zero attached hydrogens (tertiary/aromatic N) is 4. The molecule has 166 valence electrons. The van der Waals surface area contributed by atoms with Crippen LogP contribution in [0.1, 0.15) is 41.4 Å². The van der Waals surface area contributed by atoms with Crippen LogP contribution < -0.4 is 4.90 Å². The Labute approximate surface area is 193 Å². The maximum atomic E-state index is 14.9. The third-order valence-corrected chi connectivity index (χ3v) is 6.55. The number of imidazole rings is 1. The van der Waals surface area contributed by atoms with E-state index in [0.717, 1.165) is 59.5 Å². The number of hydrogen-bond acceptors (Lipinski definition) is 3. The molecule has 0 radical (unpaired) electrons. The lowest BCUT2D eigenvalue weighted by Crippen LogP contribution is -2.18. The molecule has 1 aliphatic heterocycles. The minimum absolute atomic E-state index is 0.226. The van der Waals surface area contributed by atoms with Gasteiger partial charge in [0.25, 0.3) is 0 Å². The van der Waals surface area contributed by atoms with Crippen LogP contribution in [0.2, 0.25) is 0 Å². The number of aryl methyl sites for hydroxylation is 4. The number of anilines is 2. The molecule has 0 N–H and O–H groups in total. The van der Waals surface area contributed by atoms with Gasteiger partial charge in [-0.15, -0.1) is 0 Å². The Hall–Kier alpha value is -3.65. The molecule has 4 aromatic rings. The summed E-state index contributed by atoms with van der Waals surface area (Å²) < 4.78 is 16.9. The molecule has 33 heavy (non-hydrogen) atoms. The Morgan fingerprint density at radius 1 is 1.03 bits per heavy atom. The molecule has 4 nitrogen and oxygen atoms in total. The topological polar surface area (TPSA) is 44.9 Å². The second kappa shape index (κ2) is 8.71. The summed E-state index contributed by atoms with van der Waals surface area (Å²) in [6.07, 6.45) is 3.60. The number of fused-ring (bicyclic) bond motifs is 3. The summed E-state index contributed by atoms with van der Waals surface area (Å²) in [5.41, 5.74) is 8.12. The van der Waals surface area contributed by atoms with Gasteiger partial charge in [0, 0.05) is 24.3 Å². The zero-order valence-electron chi connectivity index (χ0n) is 19.1. The summed E-state index contributed by atoms with van der Waals surface area (Å²) in [7, 11) is 0. The highest BCUT2D eigenvalue weighted by molar-refractivity contribution is 5.80. The normalized spacial score (nSPS) is 12.8. The number of nitriles is 1. The molecule has 2 heterocycles. The predicted octanol–water partition coefficient (Wildman–Crippen LogP) is 6.24. The summed E-state index contributed by atoms with van der Waals surface area (Å²) in [4.78, 5) is 6.91. The van der Waals surface area contributed by atoms with Crippen LogP contribution in [0.5, 0.6) is 0 Å². The van der Waals surface area contributed by atoms with E-state index in [9.17, 15) is 9.65 Å². The first-order valence-corrected chi connectivity index (χ1v) is 11.6. The van der Waals surface area contributed by atoms with Gasteiger partial charge in [0.05, 0.1) is 11.6 Å². The Morgan fingerprint density at radius 3 is 2.64 bits per heavy atom. The van der Waals surface area contributed by atoms with Crippen LogP contribution in [0.15, 0.2) is 54.6 Å². The third kappa shape index (κ3) is 3.76. The second-order valence-electron chi connectivity index (χ2n) is 8.76. The van der Waals surface area contributed by atoms with E-state index >= 15 is 0 Å². The van der Waals surface area contributed by atoms with Crippen molar-refractivity contribution in [2.45, 2.75) is 46.1 Å². The molecule has 0 saturated carbocycles. The van der Waals surface area contributed by atoms with Crippen LogP contribution in [0, 0.1) is 24.1 Å². The Kier molecular flexibility index (Phi) is 5.60. The van der Waals surface area contributed by atoms with E-state index in [1.165, 1.54) is 11.1 Å². The Morgan fingerprint density at radius 2 is 1.82 bits per heavy atom. The molecule has 1 aliphatic rings. The molecule has 0 atom stereocenters. The molecule has 0 bridgehead atoms. The quantitative estimate of drug-likeness (QED) is 0.346. The standard InChI is InChI=1S/C28H27FN4/c1-3-6-26-31-27-19(2)9-13-23(29)28(27)33(26)18-20-10-14-25-22(17-20)12-11-21-7-4-5-8-24(21)32(25)16-15-30/h4-5,7-10,13-14,17H,3,6,11-12,16,18H2,1-2H3. The first-order valence-electron chi connectivity index (χ1n) is 11.6. The summed E-state index contributed by atoms with van der Waals surface area (Å²) in [5.74, 6) is 0.699. The Balaban J connectivity index is 1.58. The lowest BCUT2D eigenvalue weighted by Gasteiger charge is -2.24. The molecule has 5 rings (SSSR count). The van der Waals surface area contributed by atoms with E-state index in [1.54, 1.807) is 12.1 Å². The van der Waals surface area contributed by atoms with Crippen molar-refractivity contribution in [1.29, 1.82) is 5.26 Å². The van der Waals surface area contributed by atoms with E-state index < -0.39 is 0 Å². The van der Waals surface area contributed by atoms with Gasteiger partial charge < -0.3 is 9.47 Å². The highest BCUT2D eigenvalue weighted by Gasteiger charge is 2.21. The molecule has 0 spiro atoms. The highest BCUT2D eigenvalue weighted by Crippen LogP contribution is 2.36. The minimum Gasteiger partial charge on any atom is -0.327 e. The van der Waals surface area contributed by atoms with Crippen LogP contribution >= 0.6 is 0 Å². The van der Waals surface area contributed by atoms with Crippen molar-refractivity contribution in [3.8, 4) is 6.07 Å². The van der Waals surface area contributed by atoms with Gasteiger partial charge in [0.1, 0.15) is 23.7 Å². The number of para-hydroxylation sites is 1. The highest BCUT2D eigenvalue weighted by atomic mass is 19.1. The summed E-state index contributed by atoms with van der Waals surface area (Å²) in [6, 6.07) is 20.4. The molecule has 0 fully saturated rings. The molecule has 0 saturated heterocycles. The van der Waals surface area contributed by atoms with Crippen LogP contribution in [-0.4, -0.2) is 16.1 Å². The van der Waals surface area contributed by atoms with Gasteiger partial charge in [-0.2, -0.15) is 5.26 Å². The first kappa shape index (κ1) is 21.2. The zero-order valence-corrected chi connectivity index (χ0v) is 19.1. The van der Waals surface area contributed by atoms with Gasteiger partial charge in [0.15, 0.2) is 0 Å². The molecule has 3 aromatic carbocycles. The number of halogens is 1. The fourth-order valence-corrected chi connectivity index (χ4v) is 4.97. The maximum absolute atomic E-state index is 14.9. The van der Waals surface area contributed by atoms with Gasteiger partial charge in [-0.05, 0) is 66.6 Å². The Bertz CT molecular complexity index is 1380. The average Bonchev–Trinajstić information content (AvgIpc) is 3.10. The molecular formula is C28H27FN4. The zero-order chi connectivity index (χ0) is 22.9. The summed E-state index contributed by atoms with van der Waals surface area (Å²) in [6.45, 7) is 4.99. The molecular weight excluding hydrogens is 411 g/mol. The van der Waals surface area contributed by atoms with Crippen molar-refractivity contribution in [3.05, 3.63) is 88.5 Å². The van der Waals surface area contributed by atoms with Crippen molar-refractivity contribution in [3.63, 3.8) is 0 Å². The van der Waals surface area contributed by atoms with Crippen molar-refractivity contribution in [2.24, 2.45) is 0 Å². The third-order valence-electron chi connectivity index (χ3n) is 6.55. The smallest absolute Gasteiger partial charge is 0.149 e. The van der Waals surface area contributed by atoms with E-state index in [-0.39, 0.29) is 5.82 Å². The number of aromatic nitrogens is 2. The van der Waals surface area contributed by atoms with Crippen molar-refractivity contribution in [2.75, 3.05) is 11.4 Å². The minimum atomic E-state index is -0.226. The average molecular weight is 439 g/mol. The molecule has 0 unspecified atom stereocenters. The maximum Gasteiger partial charge on any atom is 0.149 e. The van der Waals surface area contributed by atoms with Crippen molar-refractivity contribution >= 4 is 22.4 Å². The fraction of sp³-hybridized carbons (Fsp3) is 0.286. The van der Waals surface area contributed by atoms with Gasteiger partial charge in [0.2, 0.25) is 0 Å². The second-order valence-corrected chi connectivity index (χ2v) is 8.76. The summed E-state index contributed by atoms with van der Waals surface area (Å²) in [5, 5.41) is 9.48. The van der Waals surface area contributed by atoms with E-state index in [2.05, 4.69) is 54.3 Å². The molecule has 1 aromatic heterocycles. The fourth-order valence-electron chi connectivity index (χ4n) is 4.97. The van der Waals surface area contributed by atoms with Crippen LogP contribution in [0.4, 0.5) is 15.8 Å². The van der Waals surface area contributed by atoms with E-state index in [0.29, 0.717) is 18.6 Å². The van der Waals surface area contributed by atoms with E-state index in [1.807, 2.05) is 17.6 Å². The van der Waals surface area contributed by atoms with E-state index in [4.69, 9.17) is 4.98 Å². The van der Waals surface area contributed by atoms with Crippen molar-refractivity contribution in [1.82, 2.24) is 9.55 Å². The van der Waals surface area contributed by atoms with Crippen LogP contribution in [-0.2, 0) is 25.8 Å². The lowest BCUT2D eigenvalue weighted by atomic mass is 10.0. The van der Waals surface area contributed by atoms with Gasteiger partial charge in [-0.25, -0.2) is 9.37 Å². The van der Waals surface area contributed by atoms with Gasteiger partial charge in [-0.3, -0.25) is 0 Å². The molecule has 5 heteroatoms. The lowest BCUT2D eigenvalue weighted by molar-refractivity contribution is 0.623. The van der Waals surface area contributed by atoms with Crippen LogP contribution in [0.3, 0.4) is 0 Å². The predicted molar refractivity (Wildman–Crippen MR) is 130 cm³/mol. The summed E-state index contributed by atoms with van der Waals surface area (Å²) >= 11 is 0. The first-order chi connectivity index (χ1) is 16.1. The SMILES string of the molecule is CCCc1nc2c(C)ccc(F)c2n1Cc1ccc2c(c1)CCc1ccccc1N2CC#N. The monoisotopic (exact) mass is 438 g/mol. The number of hydrogen-bond donors (Lipinski definition) is 0. The van der Waals surface area contributed by atoms with Gasteiger partial charge in [-0.1, -0.05) is 43.3 Å². The molecule has 0 amide bonds. The van der Waals surface area contributed by atoms with Gasteiger partial charge >= 0.3 is 0 Å². The largest absolute Gasteiger partial charge is 0.327 e. The molecule has 0 aliphatic carbocycles. The number of benzene rings is 3.